The van der Waals surface area contributed by atoms with Crippen LogP contribution in [0.15, 0.2) is 23.6 Å². The summed E-state index contributed by atoms with van der Waals surface area (Å²) in [5.41, 5.74) is 0.591. The lowest BCUT2D eigenvalue weighted by Gasteiger charge is -2.26. The molecule has 1 N–H and O–H groups in total. The first kappa shape index (κ1) is 19.1. The summed E-state index contributed by atoms with van der Waals surface area (Å²) in [5.74, 6) is -1.08. The molecule has 0 aliphatic heterocycles. The molecule has 1 aromatic carbocycles. The average molecular weight is 386 g/mol. The van der Waals surface area contributed by atoms with Crippen molar-refractivity contribution < 1.29 is 18.7 Å². The molecule has 0 spiro atoms. The summed E-state index contributed by atoms with van der Waals surface area (Å²) >= 11 is 6.99. The second kappa shape index (κ2) is 8.26. The van der Waals surface area contributed by atoms with Crippen molar-refractivity contribution in [2.24, 2.45) is 0 Å². The zero-order valence-corrected chi connectivity index (χ0v) is 15.4. The van der Waals surface area contributed by atoms with Gasteiger partial charge in [0.05, 0.1) is 18.7 Å². The van der Waals surface area contributed by atoms with Crippen molar-refractivity contribution in [2.45, 2.75) is 26.4 Å². The van der Waals surface area contributed by atoms with E-state index in [2.05, 4.69) is 15.0 Å². The molecule has 0 radical (unpaired) electrons. The highest BCUT2D eigenvalue weighted by molar-refractivity contribution is 7.09. The van der Waals surface area contributed by atoms with Gasteiger partial charge < -0.3 is 15.0 Å². The predicted molar refractivity (Wildman–Crippen MR) is 94.6 cm³/mol. The van der Waals surface area contributed by atoms with Gasteiger partial charge in [-0.1, -0.05) is 11.6 Å². The predicted octanol–water partition coefficient (Wildman–Crippen LogP) is 4.16. The number of carbonyl (C=O) groups is 2. The number of amides is 2. The highest BCUT2D eigenvalue weighted by atomic mass is 35.5. The van der Waals surface area contributed by atoms with Gasteiger partial charge in [0.25, 0.3) is 0 Å². The minimum atomic E-state index is -0.557. The van der Waals surface area contributed by atoms with Gasteiger partial charge in [0.2, 0.25) is 0 Å². The summed E-state index contributed by atoms with van der Waals surface area (Å²) < 4.78 is 17.8. The van der Waals surface area contributed by atoms with Crippen LogP contribution in [0.5, 0.6) is 0 Å². The topological polar surface area (TPSA) is 71.5 Å². The van der Waals surface area contributed by atoms with E-state index in [9.17, 15) is 14.0 Å². The van der Waals surface area contributed by atoms with E-state index >= 15 is 0 Å². The van der Waals surface area contributed by atoms with Crippen LogP contribution >= 0.6 is 22.9 Å². The Labute approximate surface area is 153 Å². The molecule has 134 valence electrons. The Kier molecular flexibility index (Phi) is 6.33. The number of ether oxygens (including phenoxy) is 1. The maximum atomic E-state index is 13.2. The van der Waals surface area contributed by atoms with Gasteiger partial charge in [-0.15, -0.1) is 11.3 Å². The molecule has 2 amide bonds. The van der Waals surface area contributed by atoms with Crippen LogP contribution in [0.25, 0.3) is 0 Å². The zero-order chi connectivity index (χ0) is 18.6. The number of carbonyl (C=O) groups excluding carboxylic acids is 2. The van der Waals surface area contributed by atoms with Gasteiger partial charge in [0, 0.05) is 17.1 Å². The van der Waals surface area contributed by atoms with Crippen LogP contribution in [-0.2, 0) is 11.3 Å². The van der Waals surface area contributed by atoms with Crippen LogP contribution in [0.2, 0.25) is 5.02 Å². The summed E-state index contributed by atoms with van der Waals surface area (Å²) in [5, 5.41) is 4.78. The summed E-state index contributed by atoms with van der Waals surface area (Å²) in [4.78, 5) is 29.7. The van der Waals surface area contributed by atoms with Crippen molar-refractivity contribution in [1.82, 2.24) is 9.88 Å². The summed E-state index contributed by atoms with van der Waals surface area (Å²) in [6.45, 7) is 3.93. The van der Waals surface area contributed by atoms with E-state index < -0.39 is 11.8 Å². The van der Waals surface area contributed by atoms with Gasteiger partial charge in [0.15, 0.2) is 5.69 Å². The molecular weight excluding hydrogens is 369 g/mol. The number of esters is 1. The number of methoxy groups -OCH3 is 1. The molecule has 1 aromatic heterocycles. The van der Waals surface area contributed by atoms with Crippen LogP contribution in [-0.4, -0.2) is 35.0 Å². The smallest absolute Gasteiger partial charge is 0.357 e. The first-order chi connectivity index (χ1) is 11.8. The Hall–Kier alpha value is -2.19. The number of aromatic nitrogens is 1. The van der Waals surface area contributed by atoms with Crippen molar-refractivity contribution in [1.29, 1.82) is 0 Å². The SMILES string of the molecule is COC(=O)c1csc(CN(C(=O)Nc2ccc(F)c(Cl)c2)C(C)C)n1. The number of urea groups is 1. The van der Waals surface area contributed by atoms with Crippen molar-refractivity contribution in [3.8, 4) is 0 Å². The monoisotopic (exact) mass is 385 g/mol. The molecule has 2 rings (SSSR count). The summed E-state index contributed by atoms with van der Waals surface area (Å²) in [6, 6.07) is 3.44. The molecule has 0 aliphatic carbocycles. The highest BCUT2D eigenvalue weighted by Crippen LogP contribution is 2.21. The summed E-state index contributed by atoms with van der Waals surface area (Å²) in [7, 11) is 1.28. The highest BCUT2D eigenvalue weighted by Gasteiger charge is 2.20. The van der Waals surface area contributed by atoms with Crippen LogP contribution < -0.4 is 5.32 Å². The van der Waals surface area contributed by atoms with Gasteiger partial charge in [-0.25, -0.2) is 19.0 Å². The third-order valence-electron chi connectivity index (χ3n) is 3.31. The number of benzene rings is 1. The second-order valence-corrected chi connectivity index (χ2v) is 6.75. The number of thiazole rings is 1. The van der Waals surface area contributed by atoms with E-state index in [1.165, 1.54) is 41.5 Å². The quantitative estimate of drug-likeness (QED) is 0.784. The minimum absolute atomic E-state index is 0.0726. The molecule has 6 nitrogen and oxygen atoms in total. The Morgan fingerprint density at radius 2 is 2.16 bits per heavy atom. The van der Waals surface area contributed by atoms with Gasteiger partial charge >= 0.3 is 12.0 Å². The molecule has 0 saturated heterocycles. The Balaban J connectivity index is 2.11. The van der Waals surface area contributed by atoms with E-state index in [0.717, 1.165) is 0 Å². The van der Waals surface area contributed by atoms with Gasteiger partial charge in [-0.2, -0.15) is 0 Å². The molecule has 0 aliphatic rings. The molecule has 0 fully saturated rings. The fourth-order valence-corrected chi connectivity index (χ4v) is 2.93. The molecule has 25 heavy (non-hydrogen) atoms. The third-order valence-corrected chi connectivity index (χ3v) is 4.43. The van der Waals surface area contributed by atoms with E-state index in [1.807, 2.05) is 13.8 Å². The third kappa shape index (κ3) is 4.90. The Morgan fingerprint density at radius 3 is 2.76 bits per heavy atom. The largest absolute Gasteiger partial charge is 0.464 e. The maximum Gasteiger partial charge on any atom is 0.357 e. The van der Waals surface area contributed by atoms with Gasteiger partial charge in [0.1, 0.15) is 10.8 Å². The lowest BCUT2D eigenvalue weighted by Crippen LogP contribution is -2.39. The van der Waals surface area contributed by atoms with E-state index in [0.29, 0.717) is 10.7 Å². The summed E-state index contributed by atoms with van der Waals surface area (Å²) in [6.07, 6.45) is 0. The fourth-order valence-electron chi connectivity index (χ4n) is 1.99. The normalized spacial score (nSPS) is 10.6. The van der Waals surface area contributed by atoms with E-state index in [1.54, 1.807) is 5.38 Å². The lowest BCUT2D eigenvalue weighted by molar-refractivity contribution is 0.0594. The number of hydrogen-bond donors (Lipinski definition) is 1. The Morgan fingerprint density at radius 1 is 1.44 bits per heavy atom. The zero-order valence-electron chi connectivity index (χ0n) is 13.9. The van der Waals surface area contributed by atoms with Crippen LogP contribution in [0, 0.1) is 5.82 Å². The lowest BCUT2D eigenvalue weighted by atomic mass is 10.3. The number of nitrogens with zero attached hydrogens (tertiary/aromatic N) is 2. The van der Waals surface area contributed by atoms with E-state index in [-0.39, 0.29) is 29.3 Å². The van der Waals surface area contributed by atoms with Crippen LogP contribution in [0.4, 0.5) is 14.9 Å². The van der Waals surface area contributed by atoms with Crippen LogP contribution in [0.1, 0.15) is 29.3 Å². The molecule has 0 unspecified atom stereocenters. The van der Waals surface area contributed by atoms with Crippen LogP contribution in [0.3, 0.4) is 0 Å². The number of nitrogens with one attached hydrogen (secondary N) is 1. The first-order valence-corrected chi connectivity index (χ1v) is 8.63. The van der Waals surface area contributed by atoms with E-state index in [4.69, 9.17) is 11.6 Å². The molecule has 1 heterocycles. The molecule has 2 aromatic rings. The number of rotatable bonds is 5. The van der Waals surface area contributed by atoms with Gasteiger partial charge in [-0.05, 0) is 32.0 Å². The van der Waals surface area contributed by atoms with Crippen molar-refractivity contribution in [2.75, 3.05) is 12.4 Å². The van der Waals surface area contributed by atoms with Crippen molar-refractivity contribution >= 4 is 40.6 Å². The first-order valence-electron chi connectivity index (χ1n) is 7.37. The molecule has 0 saturated carbocycles. The second-order valence-electron chi connectivity index (χ2n) is 5.40. The Bertz CT molecular complexity index is 782. The van der Waals surface area contributed by atoms with Crippen molar-refractivity contribution in [3.05, 3.63) is 45.1 Å². The average Bonchev–Trinajstić information content (AvgIpc) is 3.03. The number of anilines is 1. The molecule has 0 atom stereocenters. The van der Waals surface area contributed by atoms with Gasteiger partial charge in [-0.3, -0.25) is 0 Å². The molecule has 0 bridgehead atoms. The standard InChI is InChI=1S/C16H17ClFN3O3S/c1-9(2)21(7-14-20-13(8-25-14)15(22)24-3)16(23)19-10-4-5-12(18)11(17)6-10/h4-6,8-9H,7H2,1-3H3,(H,19,23). The maximum absolute atomic E-state index is 13.2. The number of halogens is 2. The molecule has 9 heteroatoms. The minimum Gasteiger partial charge on any atom is -0.464 e. The van der Waals surface area contributed by atoms with Crippen molar-refractivity contribution in [3.63, 3.8) is 0 Å². The number of hydrogen-bond acceptors (Lipinski definition) is 5. The molecular formula is C16H17ClFN3O3S. The fraction of sp³-hybridized carbons (Fsp3) is 0.312.